The van der Waals surface area contributed by atoms with Crippen LogP contribution in [0.3, 0.4) is 0 Å². The lowest BCUT2D eigenvalue weighted by atomic mass is 9.94. The van der Waals surface area contributed by atoms with Crippen LogP contribution < -0.4 is 10.0 Å². The van der Waals surface area contributed by atoms with Crippen molar-refractivity contribution in [2.45, 2.75) is 51.0 Å². The first-order valence-corrected chi connectivity index (χ1v) is 11.8. The SMILES string of the molecule is Cc1ccc(S(=O)(=O)NC(CC(C)C)C(=O)N2CCC(C(=O)NCC(=O)O)CC2)cc1. The Balaban J connectivity index is 2.04. The van der Waals surface area contributed by atoms with Gasteiger partial charge in [0.1, 0.15) is 12.6 Å². The van der Waals surface area contributed by atoms with Gasteiger partial charge in [0.05, 0.1) is 4.90 Å². The predicted octanol–water partition coefficient (Wildman–Crippen LogP) is 1.13. The molecule has 0 bridgehead atoms. The zero-order valence-electron chi connectivity index (χ0n) is 18.1. The molecule has 1 aliphatic heterocycles. The van der Waals surface area contributed by atoms with Gasteiger partial charge in [-0.2, -0.15) is 4.72 Å². The molecule has 10 heteroatoms. The molecule has 9 nitrogen and oxygen atoms in total. The molecule has 0 radical (unpaired) electrons. The zero-order chi connectivity index (χ0) is 23.2. The smallest absolute Gasteiger partial charge is 0.322 e. The van der Waals surface area contributed by atoms with Gasteiger partial charge in [0.15, 0.2) is 0 Å². The molecule has 0 spiro atoms. The van der Waals surface area contributed by atoms with E-state index in [9.17, 15) is 22.8 Å². The Morgan fingerprint density at radius 2 is 1.71 bits per heavy atom. The zero-order valence-corrected chi connectivity index (χ0v) is 18.9. The summed E-state index contributed by atoms with van der Waals surface area (Å²) in [4.78, 5) is 37.4. The molecule has 3 N–H and O–H groups in total. The first-order valence-electron chi connectivity index (χ1n) is 10.4. The molecule has 1 unspecified atom stereocenters. The Hall–Kier alpha value is -2.46. The number of carbonyl (C=O) groups is 3. The van der Waals surface area contributed by atoms with Crippen molar-refractivity contribution >= 4 is 27.8 Å². The van der Waals surface area contributed by atoms with Crippen LogP contribution in [0.4, 0.5) is 0 Å². The number of piperidine rings is 1. The quantitative estimate of drug-likeness (QED) is 0.513. The molecule has 1 saturated heterocycles. The number of hydrogen-bond donors (Lipinski definition) is 3. The van der Waals surface area contributed by atoms with Crippen LogP contribution in [-0.4, -0.2) is 61.9 Å². The van der Waals surface area contributed by atoms with E-state index in [4.69, 9.17) is 5.11 Å². The van der Waals surface area contributed by atoms with E-state index in [0.29, 0.717) is 32.4 Å². The number of carboxylic acid groups (broad SMARTS) is 1. The fraction of sp³-hybridized carbons (Fsp3) is 0.571. The minimum Gasteiger partial charge on any atom is -0.480 e. The number of carbonyl (C=O) groups excluding carboxylic acids is 2. The van der Waals surface area contributed by atoms with Crippen molar-refractivity contribution in [2.24, 2.45) is 11.8 Å². The number of aliphatic carboxylic acids is 1. The molecule has 0 aliphatic carbocycles. The van der Waals surface area contributed by atoms with Gasteiger partial charge in [0, 0.05) is 19.0 Å². The first kappa shape index (κ1) is 24.8. The van der Waals surface area contributed by atoms with Crippen LogP contribution in [0.2, 0.25) is 0 Å². The standard InChI is InChI=1S/C21H31N3O6S/c1-14(2)12-18(23-31(29,30)17-6-4-15(3)5-7-17)21(28)24-10-8-16(9-11-24)20(27)22-13-19(25)26/h4-7,14,16,18,23H,8-13H2,1-3H3,(H,22,27)(H,25,26). The fourth-order valence-corrected chi connectivity index (χ4v) is 4.74. The van der Waals surface area contributed by atoms with Gasteiger partial charge >= 0.3 is 5.97 Å². The molecular formula is C21H31N3O6S. The number of amides is 2. The first-order chi connectivity index (χ1) is 14.5. The van der Waals surface area contributed by atoms with Crippen LogP contribution in [0.15, 0.2) is 29.2 Å². The van der Waals surface area contributed by atoms with Crippen molar-refractivity contribution in [3.8, 4) is 0 Å². The minimum atomic E-state index is -3.86. The summed E-state index contributed by atoms with van der Waals surface area (Å²) in [5, 5.41) is 11.0. The minimum absolute atomic E-state index is 0.0917. The normalized spacial score (nSPS) is 16.2. The Bertz CT molecular complexity index is 890. The number of nitrogens with one attached hydrogen (secondary N) is 2. The van der Waals surface area contributed by atoms with Gasteiger partial charge in [-0.15, -0.1) is 0 Å². The maximum atomic E-state index is 13.1. The number of carboxylic acids is 1. The van der Waals surface area contributed by atoms with E-state index < -0.39 is 28.6 Å². The van der Waals surface area contributed by atoms with Crippen molar-refractivity contribution in [3.63, 3.8) is 0 Å². The fourth-order valence-electron chi connectivity index (χ4n) is 3.53. The predicted molar refractivity (Wildman–Crippen MR) is 115 cm³/mol. The second-order valence-electron chi connectivity index (χ2n) is 8.33. The number of likely N-dealkylation sites (tertiary alicyclic amines) is 1. The molecule has 172 valence electrons. The maximum absolute atomic E-state index is 13.1. The summed E-state index contributed by atoms with van der Waals surface area (Å²) in [5.74, 6) is -2.04. The van der Waals surface area contributed by atoms with E-state index in [1.807, 2.05) is 20.8 Å². The van der Waals surface area contributed by atoms with E-state index in [-0.39, 0.29) is 28.5 Å². The maximum Gasteiger partial charge on any atom is 0.322 e. The summed E-state index contributed by atoms with van der Waals surface area (Å²) >= 11 is 0. The van der Waals surface area contributed by atoms with Crippen LogP contribution in [0.5, 0.6) is 0 Å². The van der Waals surface area contributed by atoms with Crippen molar-refractivity contribution < 1.29 is 27.9 Å². The average Bonchev–Trinajstić information content (AvgIpc) is 2.71. The van der Waals surface area contributed by atoms with Gasteiger partial charge in [-0.05, 0) is 44.2 Å². The van der Waals surface area contributed by atoms with E-state index in [0.717, 1.165) is 5.56 Å². The molecule has 1 fully saturated rings. The van der Waals surface area contributed by atoms with Gasteiger partial charge < -0.3 is 15.3 Å². The van der Waals surface area contributed by atoms with Gasteiger partial charge in [-0.3, -0.25) is 14.4 Å². The second kappa shape index (κ2) is 10.7. The molecule has 0 aromatic heterocycles. The summed E-state index contributed by atoms with van der Waals surface area (Å²) in [7, 11) is -3.86. The van der Waals surface area contributed by atoms with Gasteiger partial charge in [-0.25, -0.2) is 8.42 Å². The summed E-state index contributed by atoms with van der Waals surface area (Å²) in [6.07, 6.45) is 1.15. The lowest BCUT2D eigenvalue weighted by Gasteiger charge is -2.34. The Kier molecular flexibility index (Phi) is 8.58. The number of rotatable bonds is 9. The molecule has 1 aliphatic rings. The third kappa shape index (κ3) is 7.32. The van der Waals surface area contributed by atoms with Crippen LogP contribution in [-0.2, 0) is 24.4 Å². The van der Waals surface area contributed by atoms with Crippen LogP contribution in [0.25, 0.3) is 0 Å². The van der Waals surface area contributed by atoms with E-state index in [2.05, 4.69) is 10.0 Å². The summed E-state index contributed by atoms with van der Waals surface area (Å²) in [6.45, 7) is 5.88. The second-order valence-corrected chi connectivity index (χ2v) is 10.0. The van der Waals surface area contributed by atoms with Gasteiger partial charge in [0.25, 0.3) is 0 Å². The third-order valence-corrected chi connectivity index (χ3v) is 6.71. The van der Waals surface area contributed by atoms with Crippen LogP contribution in [0, 0.1) is 18.8 Å². The van der Waals surface area contributed by atoms with Crippen molar-refractivity contribution in [1.82, 2.24) is 14.9 Å². The molecule has 1 heterocycles. The number of benzene rings is 1. The third-order valence-electron chi connectivity index (χ3n) is 5.23. The number of aryl methyl sites for hydroxylation is 1. The van der Waals surface area contributed by atoms with Crippen LogP contribution >= 0.6 is 0 Å². The molecular weight excluding hydrogens is 422 g/mol. The number of sulfonamides is 1. The molecule has 31 heavy (non-hydrogen) atoms. The Morgan fingerprint density at radius 1 is 1.13 bits per heavy atom. The van der Waals surface area contributed by atoms with E-state index in [1.54, 1.807) is 17.0 Å². The largest absolute Gasteiger partial charge is 0.480 e. The summed E-state index contributed by atoms with van der Waals surface area (Å²) in [5.41, 5.74) is 0.934. The summed E-state index contributed by atoms with van der Waals surface area (Å²) in [6, 6.07) is 5.52. The van der Waals surface area contributed by atoms with E-state index >= 15 is 0 Å². The number of nitrogens with zero attached hydrogens (tertiary/aromatic N) is 1. The molecule has 1 aromatic carbocycles. The Labute approximate surface area is 183 Å². The summed E-state index contributed by atoms with van der Waals surface area (Å²) < 4.78 is 28.2. The van der Waals surface area contributed by atoms with E-state index in [1.165, 1.54) is 12.1 Å². The molecule has 2 rings (SSSR count). The lowest BCUT2D eigenvalue weighted by molar-refractivity contribution is -0.139. The van der Waals surface area contributed by atoms with Gasteiger partial charge in [-0.1, -0.05) is 31.5 Å². The average molecular weight is 454 g/mol. The highest BCUT2D eigenvalue weighted by Crippen LogP contribution is 2.20. The number of hydrogen-bond acceptors (Lipinski definition) is 5. The van der Waals surface area contributed by atoms with Crippen molar-refractivity contribution in [2.75, 3.05) is 19.6 Å². The Morgan fingerprint density at radius 3 is 2.23 bits per heavy atom. The highest BCUT2D eigenvalue weighted by molar-refractivity contribution is 7.89. The lowest BCUT2D eigenvalue weighted by Crippen LogP contribution is -2.52. The monoisotopic (exact) mass is 453 g/mol. The van der Waals surface area contributed by atoms with Crippen molar-refractivity contribution in [1.29, 1.82) is 0 Å². The highest BCUT2D eigenvalue weighted by atomic mass is 32.2. The molecule has 1 atom stereocenters. The molecule has 1 aromatic rings. The van der Waals surface area contributed by atoms with Crippen LogP contribution in [0.1, 0.15) is 38.7 Å². The molecule has 2 amide bonds. The molecule has 0 saturated carbocycles. The topological polar surface area (TPSA) is 133 Å². The van der Waals surface area contributed by atoms with Gasteiger partial charge in [0.2, 0.25) is 21.8 Å². The highest BCUT2D eigenvalue weighted by Gasteiger charge is 2.33. The van der Waals surface area contributed by atoms with Crippen molar-refractivity contribution in [3.05, 3.63) is 29.8 Å².